The first kappa shape index (κ1) is 11.6. The molecule has 6 heteroatoms. The van der Waals surface area contributed by atoms with Gasteiger partial charge in [0.25, 0.3) is 5.91 Å². The molecule has 0 saturated carbocycles. The Kier molecular flexibility index (Phi) is 2.28. The lowest BCUT2D eigenvalue weighted by Gasteiger charge is -2.31. The van der Waals surface area contributed by atoms with Crippen LogP contribution in [0.5, 0.6) is 5.75 Å². The minimum Gasteiger partial charge on any atom is -0.476 e. The molecule has 0 spiro atoms. The van der Waals surface area contributed by atoms with Gasteiger partial charge in [0.2, 0.25) is 5.88 Å². The third kappa shape index (κ3) is 1.81. The number of rotatable bonds is 1. The number of aromatic nitrogens is 1. The first-order valence-electron chi connectivity index (χ1n) is 5.82. The maximum Gasteiger partial charge on any atom is 0.268 e. The van der Waals surface area contributed by atoms with Gasteiger partial charge in [-0.15, -0.1) is 0 Å². The largest absolute Gasteiger partial charge is 0.476 e. The van der Waals surface area contributed by atoms with E-state index in [0.29, 0.717) is 17.0 Å². The molecule has 2 heterocycles. The van der Waals surface area contributed by atoms with Gasteiger partial charge in [0.1, 0.15) is 5.75 Å². The van der Waals surface area contributed by atoms with Crippen LogP contribution in [0, 0.1) is 0 Å². The fourth-order valence-electron chi connectivity index (χ4n) is 1.94. The van der Waals surface area contributed by atoms with Gasteiger partial charge in [0.05, 0.1) is 17.4 Å². The zero-order valence-corrected chi connectivity index (χ0v) is 10.6. The van der Waals surface area contributed by atoms with Crippen LogP contribution in [0.3, 0.4) is 0 Å². The number of nitrogens with two attached hydrogens (primary N) is 1. The van der Waals surface area contributed by atoms with E-state index in [1.807, 2.05) is 6.07 Å². The highest BCUT2D eigenvalue weighted by Crippen LogP contribution is 2.37. The lowest BCUT2D eigenvalue weighted by atomic mass is 10.0. The maximum absolute atomic E-state index is 11.9. The molecular formula is C13H13N3O3. The van der Waals surface area contributed by atoms with Gasteiger partial charge in [0.15, 0.2) is 5.60 Å². The summed E-state index contributed by atoms with van der Waals surface area (Å²) in [6.07, 6.45) is 1.53. The highest BCUT2D eigenvalue weighted by atomic mass is 16.5. The Hall–Kier alpha value is -2.50. The molecule has 0 radical (unpaired) electrons. The molecule has 1 aliphatic rings. The summed E-state index contributed by atoms with van der Waals surface area (Å²) in [6, 6.07) is 5.42. The van der Waals surface area contributed by atoms with Crippen LogP contribution in [-0.2, 0) is 4.79 Å². The third-order valence-electron chi connectivity index (χ3n) is 3.05. The van der Waals surface area contributed by atoms with Crippen LogP contribution in [0.25, 0.3) is 11.1 Å². The van der Waals surface area contributed by atoms with E-state index in [9.17, 15) is 4.79 Å². The van der Waals surface area contributed by atoms with Crippen molar-refractivity contribution in [1.82, 2.24) is 5.16 Å². The second kappa shape index (κ2) is 3.74. The van der Waals surface area contributed by atoms with Crippen molar-refractivity contribution in [1.29, 1.82) is 0 Å². The third-order valence-corrected chi connectivity index (χ3v) is 3.05. The van der Waals surface area contributed by atoms with E-state index in [0.717, 1.165) is 5.56 Å². The smallest absolute Gasteiger partial charge is 0.268 e. The van der Waals surface area contributed by atoms with Crippen LogP contribution >= 0.6 is 0 Å². The van der Waals surface area contributed by atoms with E-state index in [1.54, 1.807) is 26.0 Å². The predicted octanol–water partition coefficient (Wildman–Crippen LogP) is 2.03. The van der Waals surface area contributed by atoms with Gasteiger partial charge in [-0.25, -0.2) is 0 Å². The number of anilines is 2. The molecule has 1 aliphatic heterocycles. The van der Waals surface area contributed by atoms with Crippen LogP contribution in [0.2, 0.25) is 0 Å². The predicted molar refractivity (Wildman–Crippen MR) is 69.7 cm³/mol. The Bertz CT molecular complexity index is 661. The number of ether oxygens (including phenoxy) is 1. The molecule has 19 heavy (non-hydrogen) atoms. The summed E-state index contributed by atoms with van der Waals surface area (Å²) in [6.45, 7) is 3.44. The van der Waals surface area contributed by atoms with Crippen molar-refractivity contribution in [3.05, 3.63) is 24.4 Å². The minimum atomic E-state index is -0.870. The molecule has 1 aromatic carbocycles. The van der Waals surface area contributed by atoms with Crippen molar-refractivity contribution in [3.8, 4) is 16.9 Å². The van der Waals surface area contributed by atoms with E-state index in [2.05, 4.69) is 10.5 Å². The molecule has 0 unspecified atom stereocenters. The van der Waals surface area contributed by atoms with Crippen LogP contribution in [0.4, 0.5) is 11.6 Å². The van der Waals surface area contributed by atoms with E-state index >= 15 is 0 Å². The highest BCUT2D eigenvalue weighted by molar-refractivity contribution is 6.00. The van der Waals surface area contributed by atoms with Gasteiger partial charge < -0.3 is 20.3 Å². The summed E-state index contributed by atoms with van der Waals surface area (Å²) in [5.74, 6) is 0.683. The number of nitrogens with one attached hydrogen (secondary N) is 1. The summed E-state index contributed by atoms with van der Waals surface area (Å²) >= 11 is 0. The number of nitrogen functional groups attached to an aromatic ring is 1. The molecule has 0 fully saturated rings. The van der Waals surface area contributed by atoms with E-state index in [-0.39, 0.29) is 11.8 Å². The normalized spacial score (nSPS) is 16.4. The fraction of sp³-hybridized carbons (Fsp3) is 0.231. The Balaban J connectivity index is 2.05. The maximum atomic E-state index is 11.9. The van der Waals surface area contributed by atoms with Crippen molar-refractivity contribution < 1.29 is 14.1 Å². The monoisotopic (exact) mass is 259 g/mol. The topological polar surface area (TPSA) is 90.4 Å². The number of benzene rings is 1. The molecule has 0 aliphatic carbocycles. The molecule has 98 valence electrons. The van der Waals surface area contributed by atoms with Crippen LogP contribution < -0.4 is 15.8 Å². The first-order valence-corrected chi connectivity index (χ1v) is 5.82. The Morgan fingerprint density at radius 1 is 1.37 bits per heavy atom. The Morgan fingerprint density at radius 3 is 2.84 bits per heavy atom. The molecule has 3 N–H and O–H groups in total. The Labute approximate surface area is 109 Å². The molecule has 0 bridgehead atoms. The Morgan fingerprint density at radius 2 is 2.16 bits per heavy atom. The van der Waals surface area contributed by atoms with Crippen LogP contribution in [0.1, 0.15) is 13.8 Å². The zero-order valence-electron chi connectivity index (χ0n) is 10.6. The standard InChI is InChI=1S/C13H13N3O3/c1-13(2)12(17)16-9-5-7(3-4-10(9)18-13)8-6-15-19-11(8)14/h3-6H,14H2,1-2H3,(H,16,17). The number of nitrogens with zero attached hydrogens (tertiary/aromatic N) is 1. The second-order valence-electron chi connectivity index (χ2n) is 4.88. The van der Waals surface area contributed by atoms with Crippen molar-refractivity contribution in [2.75, 3.05) is 11.1 Å². The summed E-state index contributed by atoms with van der Waals surface area (Å²) in [7, 11) is 0. The summed E-state index contributed by atoms with van der Waals surface area (Å²) in [5, 5.41) is 6.45. The second-order valence-corrected chi connectivity index (χ2v) is 4.88. The highest BCUT2D eigenvalue weighted by Gasteiger charge is 2.35. The number of fused-ring (bicyclic) bond motifs is 1. The molecule has 0 saturated heterocycles. The van der Waals surface area contributed by atoms with E-state index in [4.69, 9.17) is 15.0 Å². The van der Waals surface area contributed by atoms with Crippen molar-refractivity contribution in [3.63, 3.8) is 0 Å². The van der Waals surface area contributed by atoms with Crippen molar-refractivity contribution >= 4 is 17.5 Å². The van der Waals surface area contributed by atoms with Gasteiger partial charge in [0, 0.05) is 0 Å². The number of carbonyl (C=O) groups excluding carboxylic acids is 1. The lowest BCUT2D eigenvalue weighted by Crippen LogP contribution is -2.45. The van der Waals surface area contributed by atoms with Crippen molar-refractivity contribution in [2.24, 2.45) is 0 Å². The number of hydrogen-bond donors (Lipinski definition) is 2. The molecule has 6 nitrogen and oxygen atoms in total. The van der Waals surface area contributed by atoms with Gasteiger partial charge in [-0.3, -0.25) is 4.79 Å². The zero-order chi connectivity index (χ0) is 13.6. The van der Waals surface area contributed by atoms with Gasteiger partial charge >= 0.3 is 0 Å². The first-order chi connectivity index (χ1) is 8.97. The fourth-order valence-corrected chi connectivity index (χ4v) is 1.94. The average Bonchev–Trinajstić information content (AvgIpc) is 2.76. The van der Waals surface area contributed by atoms with Crippen LogP contribution in [0.15, 0.2) is 28.9 Å². The van der Waals surface area contributed by atoms with Gasteiger partial charge in [-0.2, -0.15) is 0 Å². The number of amides is 1. The summed E-state index contributed by atoms with van der Waals surface area (Å²) in [4.78, 5) is 11.9. The SMILES string of the molecule is CC1(C)Oc2ccc(-c3cnoc3N)cc2NC1=O. The van der Waals surface area contributed by atoms with Crippen molar-refractivity contribution in [2.45, 2.75) is 19.4 Å². The summed E-state index contributed by atoms with van der Waals surface area (Å²) in [5.41, 5.74) is 6.90. The molecule has 2 aromatic rings. The quantitative estimate of drug-likeness (QED) is 0.817. The average molecular weight is 259 g/mol. The molecule has 3 rings (SSSR count). The molecular weight excluding hydrogens is 246 g/mol. The lowest BCUT2D eigenvalue weighted by molar-refractivity contribution is -0.129. The molecule has 1 aromatic heterocycles. The van der Waals surface area contributed by atoms with Crippen LogP contribution in [-0.4, -0.2) is 16.7 Å². The molecule has 0 atom stereocenters. The summed E-state index contributed by atoms with van der Waals surface area (Å²) < 4.78 is 10.5. The van der Waals surface area contributed by atoms with Gasteiger partial charge in [-0.1, -0.05) is 11.2 Å². The van der Waals surface area contributed by atoms with E-state index in [1.165, 1.54) is 6.20 Å². The number of hydrogen-bond acceptors (Lipinski definition) is 5. The van der Waals surface area contributed by atoms with E-state index < -0.39 is 5.60 Å². The molecule has 1 amide bonds. The van der Waals surface area contributed by atoms with Gasteiger partial charge in [-0.05, 0) is 31.5 Å². The number of carbonyl (C=O) groups is 1. The minimum absolute atomic E-state index is 0.185.